The molecule has 0 aromatic heterocycles. The fourth-order valence-electron chi connectivity index (χ4n) is 3.05. The summed E-state index contributed by atoms with van der Waals surface area (Å²) in [6.45, 7) is 4.17. The zero-order chi connectivity index (χ0) is 13.6. The fraction of sp³-hybridized carbons (Fsp3) is 0.562. The molecule has 1 heterocycles. The lowest BCUT2D eigenvalue weighted by Crippen LogP contribution is -2.36. The second kappa shape index (κ2) is 4.64. The summed E-state index contributed by atoms with van der Waals surface area (Å²) >= 11 is 0. The first-order valence-corrected chi connectivity index (χ1v) is 7.26. The minimum atomic E-state index is 0.182. The number of hydrogen-bond acceptors (Lipinski definition) is 2. The van der Waals surface area contributed by atoms with Crippen LogP contribution >= 0.6 is 0 Å². The lowest BCUT2D eigenvalue weighted by atomic mass is 10.0. The maximum Gasteiger partial charge on any atom is 0.230 e. The Morgan fingerprint density at radius 1 is 1.47 bits per heavy atom. The Morgan fingerprint density at radius 3 is 2.84 bits per heavy atom. The third-order valence-electron chi connectivity index (χ3n) is 4.08. The molecule has 1 saturated carbocycles. The van der Waals surface area contributed by atoms with E-state index in [9.17, 15) is 4.79 Å². The normalized spacial score (nSPS) is 23.3. The van der Waals surface area contributed by atoms with Gasteiger partial charge in [-0.15, -0.1) is 0 Å². The maximum absolute atomic E-state index is 12.3. The number of rotatable bonds is 3. The summed E-state index contributed by atoms with van der Waals surface area (Å²) in [6, 6.07) is 6.94. The lowest BCUT2D eigenvalue weighted by molar-refractivity contribution is -0.120. The highest BCUT2D eigenvalue weighted by molar-refractivity contribution is 5.98. The summed E-state index contributed by atoms with van der Waals surface area (Å²) in [6.07, 6.45) is 4.01. The molecule has 0 spiro atoms. The molecule has 1 aliphatic carbocycles. The van der Waals surface area contributed by atoms with Gasteiger partial charge in [0.1, 0.15) is 0 Å². The van der Waals surface area contributed by atoms with Gasteiger partial charge in [0.25, 0.3) is 0 Å². The van der Waals surface area contributed by atoms with Crippen molar-refractivity contribution in [2.24, 2.45) is 11.7 Å². The molecule has 1 fully saturated rings. The number of carbonyl (C=O) groups is 1. The van der Waals surface area contributed by atoms with E-state index in [1.165, 1.54) is 11.1 Å². The summed E-state index contributed by atoms with van der Waals surface area (Å²) in [7, 11) is 0. The van der Waals surface area contributed by atoms with Crippen LogP contribution in [-0.4, -0.2) is 18.0 Å². The van der Waals surface area contributed by atoms with Gasteiger partial charge >= 0.3 is 0 Å². The highest BCUT2D eigenvalue weighted by Gasteiger charge is 2.39. The van der Waals surface area contributed by atoms with E-state index >= 15 is 0 Å². The molecular formula is C16H22N2O. The van der Waals surface area contributed by atoms with Gasteiger partial charge in [-0.05, 0) is 56.7 Å². The number of nitrogens with zero attached hydrogens (tertiary/aromatic N) is 1. The van der Waals surface area contributed by atoms with Gasteiger partial charge in [-0.2, -0.15) is 0 Å². The molecule has 2 aliphatic rings. The number of carbonyl (C=O) groups excluding carboxylic acids is 1. The smallest absolute Gasteiger partial charge is 0.230 e. The Balaban J connectivity index is 1.87. The van der Waals surface area contributed by atoms with Crippen LogP contribution in [0.15, 0.2) is 18.2 Å². The summed E-state index contributed by atoms with van der Waals surface area (Å²) in [4.78, 5) is 14.4. The second-order valence-electron chi connectivity index (χ2n) is 6.18. The van der Waals surface area contributed by atoms with Crippen LogP contribution in [0.25, 0.3) is 0 Å². The van der Waals surface area contributed by atoms with Crippen molar-refractivity contribution in [2.45, 2.75) is 51.6 Å². The van der Waals surface area contributed by atoms with E-state index in [4.69, 9.17) is 5.73 Å². The number of benzene rings is 1. The Morgan fingerprint density at radius 2 is 2.21 bits per heavy atom. The predicted octanol–water partition coefficient (Wildman–Crippen LogP) is 2.26. The average molecular weight is 258 g/mol. The van der Waals surface area contributed by atoms with Crippen LogP contribution in [-0.2, 0) is 17.6 Å². The number of amides is 1. The monoisotopic (exact) mass is 258 g/mol. The number of hydrogen-bond donors (Lipinski definition) is 1. The molecule has 0 radical (unpaired) electrons. The van der Waals surface area contributed by atoms with Crippen LogP contribution in [0.2, 0.25) is 0 Å². The Labute approximate surface area is 114 Å². The van der Waals surface area contributed by atoms with Crippen LogP contribution in [0.1, 0.15) is 37.8 Å². The van der Waals surface area contributed by atoms with Crippen LogP contribution in [0.5, 0.6) is 0 Å². The Bertz CT molecular complexity index is 505. The molecule has 3 nitrogen and oxygen atoms in total. The van der Waals surface area contributed by atoms with Crippen LogP contribution < -0.4 is 10.6 Å². The molecule has 0 saturated heterocycles. The summed E-state index contributed by atoms with van der Waals surface area (Å²) in [5.41, 5.74) is 9.56. The molecule has 2 N–H and O–H groups in total. The molecule has 19 heavy (non-hydrogen) atoms. The molecule has 3 heteroatoms. The minimum absolute atomic E-state index is 0.182. The van der Waals surface area contributed by atoms with Gasteiger partial charge in [0.05, 0.1) is 0 Å². The molecule has 1 aromatic carbocycles. The SMILES string of the molecule is CC(N)Cc1ccc2c(c1)CC(C)N2C(=O)C1CC1. The number of fused-ring (bicyclic) bond motifs is 1. The van der Waals surface area contributed by atoms with E-state index in [2.05, 4.69) is 25.1 Å². The standard InChI is InChI=1S/C16H22N2O/c1-10(17)7-12-3-6-15-14(9-12)8-11(2)18(15)16(19)13-4-5-13/h3,6,9-11,13H,4-5,7-8,17H2,1-2H3. The van der Waals surface area contributed by atoms with E-state index in [1.54, 1.807) is 0 Å². The van der Waals surface area contributed by atoms with Crippen molar-refractivity contribution in [3.63, 3.8) is 0 Å². The highest BCUT2D eigenvalue weighted by atomic mass is 16.2. The van der Waals surface area contributed by atoms with Crippen LogP contribution in [0.4, 0.5) is 5.69 Å². The zero-order valence-electron chi connectivity index (χ0n) is 11.7. The van der Waals surface area contributed by atoms with Crippen molar-refractivity contribution >= 4 is 11.6 Å². The van der Waals surface area contributed by atoms with E-state index in [1.807, 2.05) is 11.8 Å². The topological polar surface area (TPSA) is 46.3 Å². The molecule has 102 valence electrons. The molecule has 1 aliphatic heterocycles. The summed E-state index contributed by atoms with van der Waals surface area (Å²) in [5, 5.41) is 0. The van der Waals surface area contributed by atoms with Gasteiger partial charge in [-0.3, -0.25) is 4.79 Å². The van der Waals surface area contributed by atoms with E-state index < -0.39 is 0 Å². The predicted molar refractivity (Wildman–Crippen MR) is 77.2 cm³/mol. The zero-order valence-corrected chi connectivity index (χ0v) is 11.7. The fourth-order valence-corrected chi connectivity index (χ4v) is 3.05. The largest absolute Gasteiger partial charge is 0.328 e. The van der Waals surface area contributed by atoms with Crippen molar-refractivity contribution in [3.8, 4) is 0 Å². The molecule has 0 bridgehead atoms. The third kappa shape index (κ3) is 2.39. The highest BCUT2D eigenvalue weighted by Crippen LogP contribution is 2.39. The van der Waals surface area contributed by atoms with Crippen molar-refractivity contribution in [1.82, 2.24) is 0 Å². The summed E-state index contributed by atoms with van der Waals surface area (Å²) in [5.74, 6) is 0.614. The van der Waals surface area contributed by atoms with E-state index in [-0.39, 0.29) is 12.0 Å². The molecular weight excluding hydrogens is 236 g/mol. The van der Waals surface area contributed by atoms with Gasteiger partial charge in [-0.1, -0.05) is 12.1 Å². The molecule has 2 unspecified atom stereocenters. The first-order chi connectivity index (χ1) is 9.06. The van der Waals surface area contributed by atoms with Crippen molar-refractivity contribution < 1.29 is 4.79 Å². The summed E-state index contributed by atoms with van der Waals surface area (Å²) < 4.78 is 0. The average Bonchev–Trinajstić information content (AvgIpc) is 3.11. The number of anilines is 1. The quantitative estimate of drug-likeness (QED) is 0.904. The first kappa shape index (κ1) is 12.7. The van der Waals surface area contributed by atoms with E-state index in [0.717, 1.165) is 31.4 Å². The van der Waals surface area contributed by atoms with E-state index in [0.29, 0.717) is 11.9 Å². The molecule has 1 amide bonds. The third-order valence-corrected chi connectivity index (χ3v) is 4.08. The van der Waals surface area contributed by atoms with Crippen molar-refractivity contribution in [1.29, 1.82) is 0 Å². The molecule has 1 aromatic rings. The Hall–Kier alpha value is -1.35. The van der Waals surface area contributed by atoms with Crippen molar-refractivity contribution in [3.05, 3.63) is 29.3 Å². The second-order valence-corrected chi connectivity index (χ2v) is 6.18. The minimum Gasteiger partial charge on any atom is -0.328 e. The lowest BCUT2D eigenvalue weighted by Gasteiger charge is -2.22. The van der Waals surface area contributed by atoms with Gasteiger partial charge in [0.15, 0.2) is 0 Å². The Kier molecular flexibility index (Phi) is 3.09. The first-order valence-electron chi connectivity index (χ1n) is 7.26. The van der Waals surface area contributed by atoms with Gasteiger partial charge in [0, 0.05) is 23.7 Å². The molecule has 2 atom stereocenters. The number of nitrogens with two attached hydrogens (primary N) is 1. The maximum atomic E-state index is 12.3. The molecule has 3 rings (SSSR count). The van der Waals surface area contributed by atoms with Crippen molar-refractivity contribution in [2.75, 3.05) is 4.90 Å². The van der Waals surface area contributed by atoms with Gasteiger partial charge in [0.2, 0.25) is 5.91 Å². The van der Waals surface area contributed by atoms with Crippen LogP contribution in [0, 0.1) is 5.92 Å². The van der Waals surface area contributed by atoms with Gasteiger partial charge in [-0.25, -0.2) is 0 Å². The van der Waals surface area contributed by atoms with Crippen LogP contribution in [0.3, 0.4) is 0 Å². The van der Waals surface area contributed by atoms with Gasteiger partial charge < -0.3 is 10.6 Å².